The van der Waals surface area contributed by atoms with Gasteiger partial charge in [0.05, 0.1) is 19.8 Å². The first-order valence-corrected chi connectivity index (χ1v) is 6.09. The zero-order valence-electron chi connectivity index (χ0n) is 8.18. The van der Waals surface area contributed by atoms with Gasteiger partial charge in [0.15, 0.2) is 0 Å². The van der Waals surface area contributed by atoms with Crippen molar-refractivity contribution in [1.29, 1.82) is 0 Å². The molecule has 0 atom stereocenters. The normalized spacial score (nSPS) is 18.1. The molecule has 1 aliphatic carbocycles. The Balaban J connectivity index is 2.62. The molecule has 0 spiro atoms. The summed E-state index contributed by atoms with van der Waals surface area (Å²) in [5, 5.41) is 26.7. The highest BCUT2D eigenvalue weighted by molar-refractivity contribution is 7.87. The molecule has 0 aromatic carbocycles. The SMILES string of the molecule is O=S(=O)(NC1CC1)NC(CO)(CO)CO. The number of nitrogens with one attached hydrogen (secondary N) is 2. The molecule has 0 saturated heterocycles. The van der Waals surface area contributed by atoms with Crippen molar-refractivity contribution in [3.8, 4) is 0 Å². The summed E-state index contributed by atoms with van der Waals surface area (Å²) in [6, 6.07) is -0.0729. The average molecular weight is 240 g/mol. The van der Waals surface area contributed by atoms with E-state index in [-0.39, 0.29) is 6.04 Å². The molecule has 0 aromatic rings. The molecule has 0 heterocycles. The number of hydrogen-bond donors (Lipinski definition) is 5. The summed E-state index contributed by atoms with van der Waals surface area (Å²) in [5.41, 5.74) is -1.61. The van der Waals surface area contributed by atoms with E-state index in [0.717, 1.165) is 12.8 Å². The fourth-order valence-electron chi connectivity index (χ4n) is 0.982. The van der Waals surface area contributed by atoms with Crippen LogP contribution >= 0.6 is 0 Å². The molecule has 0 aromatic heterocycles. The fourth-order valence-corrected chi connectivity index (χ4v) is 2.48. The molecule has 1 aliphatic rings. The van der Waals surface area contributed by atoms with Crippen LogP contribution in [0.4, 0.5) is 0 Å². The van der Waals surface area contributed by atoms with Crippen molar-refractivity contribution >= 4 is 10.2 Å². The van der Waals surface area contributed by atoms with Gasteiger partial charge in [0.1, 0.15) is 5.54 Å². The maximum Gasteiger partial charge on any atom is 0.277 e. The van der Waals surface area contributed by atoms with Crippen molar-refractivity contribution in [3.05, 3.63) is 0 Å². The molecule has 0 bridgehead atoms. The second-order valence-corrected chi connectivity index (χ2v) is 5.20. The van der Waals surface area contributed by atoms with Crippen molar-refractivity contribution in [3.63, 3.8) is 0 Å². The van der Waals surface area contributed by atoms with Gasteiger partial charge in [0, 0.05) is 6.04 Å². The molecular formula is C7H16N2O5S. The highest BCUT2D eigenvalue weighted by Gasteiger charge is 2.35. The minimum atomic E-state index is -3.79. The lowest BCUT2D eigenvalue weighted by atomic mass is 10.1. The highest BCUT2D eigenvalue weighted by Crippen LogP contribution is 2.19. The van der Waals surface area contributed by atoms with Crippen LogP contribution < -0.4 is 9.44 Å². The van der Waals surface area contributed by atoms with Gasteiger partial charge in [-0.15, -0.1) is 0 Å². The second kappa shape index (κ2) is 4.73. The summed E-state index contributed by atoms with van der Waals surface area (Å²) >= 11 is 0. The van der Waals surface area contributed by atoms with E-state index in [9.17, 15) is 8.42 Å². The van der Waals surface area contributed by atoms with Crippen molar-refractivity contribution in [1.82, 2.24) is 9.44 Å². The lowest BCUT2D eigenvalue weighted by Crippen LogP contribution is -2.59. The molecule has 1 saturated carbocycles. The monoisotopic (exact) mass is 240 g/mol. The molecule has 0 radical (unpaired) electrons. The molecule has 0 aliphatic heterocycles. The minimum absolute atomic E-state index is 0.0729. The van der Waals surface area contributed by atoms with Gasteiger partial charge in [-0.25, -0.2) is 0 Å². The van der Waals surface area contributed by atoms with E-state index >= 15 is 0 Å². The van der Waals surface area contributed by atoms with E-state index in [1.165, 1.54) is 0 Å². The quantitative estimate of drug-likeness (QED) is 0.331. The average Bonchev–Trinajstić information content (AvgIpc) is 2.97. The van der Waals surface area contributed by atoms with Crippen LogP contribution in [-0.4, -0.2) is 55.1 Å². The first kappa shape index (κ1) is 12.8. The van der Waals surface area contributed by atoms with Gasteiger partial charge in [-0.05, 0) is 12.8 Å². The molecule has 5 N–H and O–H groups in total. The summed E-state index contributed by atoms with van der Waals surface area (Å²) in [6.07, 6.45) is 1.57. The zero-order chi connectivity index (χ0) is 11.5. The Morgan fingerprint density at radius 1 is 1.13 bits per heavy atom. The third-order valence-electron chi connectivity index (χ3n) is 2.16. The van der Waals surface area contributed by atoms with E-state index in [1.54, 1.807) is 0 Å². The van der Waals surface area contributed by atoms with Gasteiger partial charge < -0.3 is 15.3 Å². The summed E-state index contributed by atoms with van der Waals surface area (Å²) < 4.78 is 27.2. The van der Waals surface area contributed by atoms with E-state index in [2.05, 4.69) is 4.72 Å². The van der Waals surface area contributed by atoms with Crippen LogP contribution in [0.3, 0.4) is 0 Å². The van der Waals surface area contributed by atoms with E-state index in [0.29, 0.717) is 0 Å². The Morgan fingerprint density at radius 3 is 1.93 bits per heavy atom. The second-order valence-electron chi connectivity index (χ2n) is 3.75. The van der Waals surface area contributed by atoms with Gasteiger partial charge in [-0.1, -0.05) is 0 Å². The van der Waals surface area contributed by atoms with Gasteiger partial charge in [0.25, 0.3) is 10.2 Å². The Bertz CT molecular complexity index is 288. The summed E-state index contributed by atoms with van der Waals surface area (Å²) in [7, 11) is -3.79. The van der Waals surface area contributed by atoms with Crippen molar-refractivity contribution in [2.24, 2.45) is 0 Å². The van der Waals surface area contributed by atoms with Gasteiger partial charge in [-0.2, -0.15) is 17.9 Å². The first-order chi connectivity index (χ1) is 6.97. The standard InChI is InChI=1S/C7H16N2O5S/c10-3-7(4-11,5-12)9-15(13,14)8-6-1-2-6/h6,8-12H,1-5H2. The fraction of sp³-hybridized carbons (Fsp3) is 1.00. The predicted octanol–water partition coefficient (Wildman–Crippen LogP) is -2.71. The highest BCUT2D eigenvalue weighted by atomic mass is 32.2. The van der Waals surface area contributed by atoms with Crippen LogP contribution in [0.1, 0.15) is 12.8 Å². The Labute approximate surface area is 88.3 Å². The van der Waals surface area contributed by atoms with Gasteiger partial charge in [0.2, 0.25) is 0 Å². The van der Waals surface area contributed by atoms with Crippen LogP contribution in [0.5, 0.6) is 0 Å². The van der Waals surface area contributed by atoms with Crippen LogP contribution in [0.15, 0.2) is 0 Å². The number of aliphatic hydroxyl groups excluding tert-OH is 3. The molecule has 1 rings (SSSR count). The lowest BCUT2D eigenvalue weighted by molar-refractivity contribution is 0.0579. The van der Waals surface area contributed by atoms with Crippen molar-refractivity contribution < 1.29 is 23.7 Å². The topological polar surface area (TPSA) is 119 Å². The Hall–Kier alpha value is -0.250. The molecule has 8 heteroatoms. The summed E-state index contributed by atoms with van der Waals surface area (Å²) in [5.74, 6) is 0. The van der Waals surface area contributed by atoms with Crippen LogP contribution in [0.2, 0.25) is 0 Å². The predicted molar refractivity (Wildman–Crippen MR) is 52.2 cm³/mol. The number of aliphatic hydroxyl groups is 3. The first-order valence-electron chi connectivity index (χ1n) is 4.61. The van der Waals surface area contributed by atoms with Gasteiger partial charge in [-0.3, -0.25) is 0 Å². The molecule has 0 amide bonds. The number of hydrogen-bond acceptors (Lipinski definition) is 5. The van der Waals surface area contributed by atoms with Crippen molar-refractivity contribution in [2.75, 3.05) is 19.8 Å². The van der Waals surface area contributed by atoms with Crippen molar-refractivity contribution in [2.45, 2.75) is 24.4 Å². The molecule has 15 heavy (non-hydrogen) atoms. The molecule has 0 unspecified atom stereocenters. The maximum absolute atomic E-state index is 11.4. The van der Waals surface area contributed by atoms with Crippen LogP contribution in [0, 0.1) is 0 Å². The van der Waals surface area contributed by atoms with E-state index in [1.807, 2.05) is 4.72 Å². The molecular weight excluding hydrogens is 224 g/mol. The van der Waals surface area contributed by atoms with Gasteiger partial charge >= 0.3 is 0 Å². The van der Waals surface area contributed by atoms with E-state index in [4.69, 9.17) is 15.3 Å². The minimum Gasteiger partial charge on any atom is -0.394 e. The smallest absolute Gasteiger partial charge is 0.277 e. The third kappa shape index (κ3) is 3.67. The maximum atomic E-state index is 11.4. The zero-order valence-corrected chi connectivity index (χ0v) is 9.00. The molecule has 90 valence electrons. The van der Waals surface area contributed by atoms with Crippen LogP contribution in [0.25, 0.3) is 0 Å². The third-order valence-corrected chi connectivity index (χ3v) is 3.50. The van der Waals surface area contributed by atoms with E-state index < -0.39 is 35.6 Å². The molecule has 7 nitrogen and oxygen atoms in total. The summed E-state index contributed by atoms with van der Waals surface area (Å²) in [4.78, 5) is 0. The lowest BCUT2D eigenvalue weighted by Gasteiger charge is -2.28. The summed E-state index contributed by atoms with van der Waals surface area (Å²) in [6.45, 7) is -2.03. The number of rotatable bonds is 7. The van der Waals surface area contributed by atoms with Crippen LogP contribution in [-0.2, 0) is 10.2 Å². The Morgan fingerprint density at radius 2 is 1.60 bits per heavy atom. The Kier molecular flexibility index (Phi) is 4.04. The largest absolute Gasteiger partial charge is 0.394 e. The molecule has 1 fully saturated rings.